The van der Waals surface area contributed by atoms with Gasteiger partial charge in [-0.05, 0) is 160 Å². The monoisotopic (exact) mass is 1120 g/mol. The minimum Gasteiger partial charge on any atom is -0.329 e. The summed E-state index contributed by atoms with van der Waals surface area (Å²) in [7, 11) is 0. The van der Waals surface area contributed by atoms with Gasteiger partial charge < -0.3 is 9.80 Å². The summed E-state index contributed by atoms with van der Waals surface area (Å²) in [5, 5.41) is 22.2. The third-order valence-corrected chi connectivity index (χ3v) is 17.7. The van der Waals surface area contributed by atoms with Crippen LogP contribution in [0.5, 0.6) is 0 Å². The van der Waals surface area contributed by atoms with Gasteiger partial charge in [0.1, 0.15) is 12.1 Å². The molecule has 4 heteroatoms. The molecule has 0 radical (unpaired) electrons. The highest BCUT2D eigenvalue weighted by atomic mass is 15.2. The molecular formula is C82H76N4. The quantitative estimate of drug-likeness (QED) is 0.137. The first-order valence-electron chi connectivity index (χ1n) is 30.4. The van der Waals surface area contributed by atoms with Gasteiger partial charge in [-0.25, -0.2) is 0 Å². The summed E-state index contributed by atoms with van der Waals surface area (Å²) >= 11 is 0. The number of benzene rings is 8. The second kappa shape index (κ2) is 21.9. The molecule has 2 atom stereocenters. The topological polar surface area (TPSA) is 54.1 Å². The lowest BCUT2D eigenvalue weighted by molar-refractivity contribution is 0.591. The molecule has 8 aromatic rings. The molecule has 0 N–H and O–H groups in total. The molecule has 0 aliphatic heterocycles. The Labute approximate surface area is 511 Å². The highest BCUT2D eigenvalue weighted by Gasteiger charge is 2.42. The van der Waals surface area contributed by atoms with Crippen molar-refractivity contribution >= 4 is 22.7 Å². The maximum absolute atomic E-state index is 11.1. The number of hydrogen-bond acceptors (Lipinski definition) is 4. The summed E-state index contributed by atoms with van der Waals surface area (Å²) in [6, 6.07) is 70.4. The minimum atomic E-state index is -0.323. The summed E-state index contributed by atoms with van der Waals surface area (Å²) in [5.74, 6) is -0.145. The van der Waals surface area contributed by atoms with E-state index in [0.29, 0.717) is 11.1 Å². The first kappa shape index (κ1) is 57.0. The van der Waals surface area contributed by atoms with Crippen molar-refractivity contribution in [2.24, 2.45) is 5.92 Å². The van der Waals surface area contributed by atoms with Crippen LogP contribution in [0.15, 0.2) is 264 Å². The third kappa shape index (κ3) is 10.2. The van der Waals surface area contributed by atoms with Crippen molar-refractivity contribution in [2.75, 3.05) is 9.80 Å². The van der Waals surface area contributed by atoms with Crippen molar-refractivity contribution in [3.8, 4) is 56.6 Å². The van der Waals surface area contributed by atoms with Crippen molar-refractivity contribution in [1.82, 2.24) is 0 Å². The Bertz CT molecular complexity index is 4370. The number of nitriles is 2. The normalized spacial score (nSPS) is 16.3. The molecule has 0 amide bonds. The second-order valence-electron chi connectivity index (χ2n) is 27.5. The van der Waals surface area contributed by atoms with E-state index in [2.05, 4.69) is 311 Å². The Balaban J connectivity index is 1.07. The van der Waals surface area contributed by atoms with Gasteiger partial charge in [0.05, 0.1) is 39.9 Å². The van der Waals surface area contributed by atoms with Crippen molar-refractivity contribution in [3.05, 3.63) is 298 Å². The van der Waals surface area contributed by atoms with Crippen LogP contribution in [0.4, 0.5) is 22.7 Å². The van der Waals surface area contributed by atoms with E-state index in [9.17, 15) is 10.5 Å². The fraction of sp³-hybridized carbons (Fsp3) is 0.220. The van der Waals surface area contributed by atoms with Crippen LogP contribution < -0.4 is 9.80 Å². The first-order valence-corrected chi connectivity index (χ1v) is 30.4. The average Bonchev–Trinajstić information content (AvgIpc) is 0.800. The number of para-hydroxylation sites is 2. The van der Waals surface area contributed by atoms with Crippen molar-refractivity contribution in [2.45, 2.75) is 111 Å². The van der Waals surface area contributed by atoms with Gasteiger partial charge in [0.15, 0.2) is 0 Å². The lowest BCUT2D eigenvalue weighted by atomic mass is 9.67. The molecule has 0 saturated carbocycles. The fourth-order valence-corrected chi connectivity index (χ4v) is 13.7. The summed E-state index contributed by atoms with van der Waals surface area (Å²) in [4.78, 5) is 4.81. The van der Waals surface area contributed by atoms with E-state index in [1.165, 1.54) is 50.1 Å². The zero-order chi connectivity index (χ0) is 60.5. The molecule has 0 heterocycles. The van der Waals surface area contributed by atoms with Gasteiger partial charge in [0, 0.05) is 22.7 Å². The second-order valence-corrected chi connectivity index (χ2v) is 27.5. The third-order valence-electron chi connectivity index (χ3n) is 17.7. The molecule has 0 saturated heterocycles. The van der Waals surface area contributed by atoms with Crippen LogP contribution >= 0.6 is 0 Å². The number of nitrogens with zero attached hydrogens (tertiary/aromatic N) is 4. The zero-order valence-electron chi connectivity index (χ0n) is 51.9. The highest BCUT2D eigenvalue weighted by molar-refractivity contribution is 5.94. The predicted molar refractivity (Wildman–Crippen MR) is 361 cm³/mol. The van der Waals surface area contributed by atoms with Crippen molar-refractivity contribution in [1.29, 1.82) is 10.5 Å². The van der Waals surface area contributed by atoms with Gasteiger partial charge in [-0.3, -0.25) is 0 Å². The maximum atomic E-state index is 11.1. The van der Waals surface area contributed by atoms with Gasteiger partial charge >= 0.3 is 0 Å². The molecule has 8 aromatic carbocycles. The van der Waals surface area contributed by atoms with E-state index in [1.54, 1.807) is 0 Å². The lowest BCUT2D eigenvalue weighted by Crippen LogP contribution is -2.38. The van der Waals surface area contributed by atoms with Crippen LogP contribution in [-0.4, -0.2) is 6.04 Å². The van der Waals surface area contributed by atoms with E-state index in [0.717, 1.165) is 73.0 Å². The van der Waals surface area contributed by atoms with E-state index in [4.69, 9.17) is 0 Å². The summed E-state index contributed by atoms with van der Waals surface area (Å²) < 4.78 is 0. The molecule has 4 aliphatic rings. The molecule has 0 fully saturated rings. The van der Waals surface area contributed by atoms with Crippen LogP contribution in [-0.2, 0) is 21.7 Å². The molecule has 0 aromatic heterocycles. The van der Waals surface area contributed by atoms with Gasteiger partial charge in [0.25, 0.3) is 0 Å². The number of allylic oxidation sites excluding steroid dienone is 10. The van der Waals surface area contributed by atoms with Crippen LogP contribution in [0.1, 0.15) is 116 Å². The summed E-state index contributed by atoms with van der Waals surface area (Å²) in [6.45, 7) is 27.5. The lowest BCUT2D eigenvalue weighted by Gasteiger charge is -2.44. The van der Waals surface area contributed by atoms with E-state index >= 15 is 0 Å². The van der Waals surface area contributed by atoms with Crippen molar-refractivity contribution < 1.29 is 0 Å². The van der Waals surface area contributed by atoms with E-state index < -0.39 is 0 Å². The Kier molecular flexibility index (Phi) is 14.5. The van der Waals surface area contributed by atoms with Crippen LogP contribution in [0.3, 0.4) is 0 Å². The average molecular weight is 1120 g/mol. The Morgan fingerprint density at radius 3 is 1.35 bits per heavy atom. The molecule has 0 spiro atoms. The maximum Gasteiger partial charge on any atom is 0.101 e. The van der Waals surface area contributed by atoms with Crippen LogP contribution in [0.25, 0.3) is 44.5 Å². The van der Waals surface area contributed by atoms with E-state index in [-0.39, 0.29) is 33.6 Å². The molecule has 86 heavy (non-hydrogen) atoms. The van der Waals surface area contributed by atoms with Crippen molar-refractivity contribution in [3.63, 3.8) is 0 Å². The molecule has 4 nitrogen and oxygen atoms in total. The van der Waals surface area contributed by atoms with Gasteiger partial charge in [0.2, 0.25) is 0 Å². The summed E-state index contributed by atoms with van der Waals surface area (Å²) in [5.41, 5.74) is 25.4. The Morgan fingerprint density at radius 1 is 0.384 bits per heavy atom. The SMILES string of the molecule is CC(C)(C)c1ccccc1-c1ccc(N(C2=C3C=CC4=C5C(=CC=C(C=C2)C35)C(N(c2ccccc2C#N)c2ccc(-c3ccccc3C(C)(C)C)cc2-c2ccccc2C(C)(C)C)C=C4)c2ccccc2C#N)c(-c2ccccc2C(C)(C)C)c1. The zero-order valence-corrected chi connectivity index (χ0v) is 51.9. The first-order chi connectivity index (χ1) is 41.1. The summed E-state index contributed by atoms with van der Waals surface area (Å²) in [6.07, 6.45) is 18.5. The number of hydrogen-bond donors (Lipinski definition) is 0. The van der Waals surface area contributed by atoms with Gasteiger partial charge in [-0.2, -0.15) is 10.5 Å². The molecule has 12 rings (SSSR count). The predicted octanol–water partition coefficient (Wildman–Crippen LogP) is 21.4. The fourth-order valence-electron chi connectivity index (χ4n) is 13.7. The van der Waals surface area contributed by atoms with E-state index in [1.807, 2.05) is 24.3 Å². The molecule has 0 bridgehead atoms. The molecule has 2 unspecified atom stereocenters. The molecule has 4 aliphatic carbocycles. The largest absolute Gasteiger partial charge is 0.329 e. The van der Waals surface area contributed by atoms with Gasteiger partial charge in [-0.15, -0.1) is 0 Å². The van der Waals surface area contributed by atoms with Crippen LogP contribution in [0, 0.1) is 28.6 Å². The molecular weight excluding hydrogens is 1040 g/mol. The highest BCUT2D eigenvalue weighted by Crippen LogP contribution is 2.55. The molecule has 424 valence electrons. The van der Waals surface area contributed by atoms with Gasteiger partial charge in [-0.1, -0.05) is 259 Å². The number of rotatable bonds is 10. The Hall–Kier alpha value is -9.48. The minimum absolute atomic E-state index is 0.0931. The Morgan fingerprint density at radius 2 is 0.826 bits per heavy atom. The smallest absolute Gasteiger partial charge is 0.101 e. The van der Waals surface area contributed by atoms with Crippen LogP contribution in [0.2, 0.25) is 0 Å². The number of anilines is 4. The standard InChI is InChI=1S/C82H76N4/c1-79(2,3)67-31-19-15-27-59(67)55-41-47-75(65(49-55)61-29-17-21-33-69(61)81(7,8)9)85(71-35-23-13-25-57(71)51-83)73-45-39-53-38-44-64-74(46-40-54-37-43-63(73)77(53)78(54)64)86(72-36-24-14-26-58(72)52-84)76-48-42-56(60-28-16-20-32-68(60)80(4,5)6)50-66(76)62-30-18-22-34-70(62)82(10,11)12/h13-50,73,78H,1-12H3.